The number of benzene rings is 1. The molecule has 0 bridgehead atoms. The van der Waals surface area contributed by atoms with Crippen LogP contribution in [0.3, 0.4) is 0 Å². The van der Waals surface area contributed by atoms with Crippen LogP contribution in [0.2, 0.25) is 0 Å². The molecular weight excluding hydrogens is 170 g/mol. The van der Waals surface area contributed by atoms with Crippen molar-refractivity contribution in [3.05, 3.63) is 35.4 Å². The topological polar surface area (TPSA) is 23.8 Å². The lowest BCUT2D eigenvalue weighted by atomic mass is 9.67. The molecule has 0 amide bonds. The van der Waals surface area contributed by atoms with Gasteiger partial charge in [-0.25, -0.2) is 0 Å². The summed E-state index contributed by atoms with van der Waals surface area (Å²) in [5.41, 5.74) is 2.73. The molecule has 1 aliphatic rings. The second-order valence-corrected chi connectivity index (χ2v) is 4.75. The lowest BCUT2D eigenvalue weighted by Crippen LogP contribution is -2.27. The number of nitriles is 1. The van der Waals surface area contributed by atoms with Crippen LogP contribution in [0, 0.1) is 16.7 Å². The van der Waals surface area contributed by atoms with Gasteiger partial charge in [0.15, 0.2) is 0 Å². The molecule has 14 heavy (non-hydrogen) atoms. The van der Waals surface area contributed by atoms with Gasteiger partial charge in [-0.15, -0.1) is 0 Å². The molecule has 0 fully saturated rings. The van der Waals surface area contributed by atoms with Crippen LogP contribution in [0.1, 0.15) is 37.3 Å². The fourth-order valence-corrected chi connectivity index (χ4v) is 2.31. The smallest absolute Gasteiger partial charge is 0.0766 e. The van der Waals surface area contributed by atoms with E-state index in [4.69, 9.17) is 0 Å². The highest BCUT2D eigenvalue weighted by molar-refractivity contribution is 5.38. The molecule has 0 heterocycles. The number of rotatable bonds is 0. The molecule has 72 valence electrons. The van der Waals surface area contributed by atoms with Gasteiger partial charge in [0, 0.05) is 0 Å². The lowest BCUT2D eigenvalue weighted by molar-refractivity contribution is 0.285. The van der Waals surface area contributed by atoms with Crippen LogP contribution in [-0.4, -0.2) is 0 Å². The first-order valence-corrected chi connectivity index (χ1v) is 5.12. The van der Waals surface area contributed by atoms with Gasteiger partial charge in [0.1, 0.15) is 0 Å². The Kier molecular flexibility index (Phi) is 2.07. The Bertz CT molecular complexity index is 384. The van der Waals surface area contributed by atoms with E-state index < -0.39 is 0 Å². The third kappa shape index (κ3) is 1.32. The summed E-state index contributed by atoms with van der Waals surface area (Å²) in [6, 6.07) is 10.8. The molecule has 1 nitrogen and oxygen atoms in total. The normalized spacial score (nSPS) is 23.6. The summed E-state index contributed by atoms with van der Waals surface area (Å²) >= 11 is 0. The maximum atomic E-state index is 9.22. The maximum absolute atomic E-state index is 9.22. The molecular formula is C13H15N. The average Bonchev–Trinajstić information content (AvgIpc) is 2.17. The molecule has 1 atom stereocenters. The van der Waals surface area contributed by atoms with E-state index in [0.717, 1.165) is 12.8 Å². The van der Waals surface area contributed by atoms with Crippen molar-refractivity contribution in [2.45, 2.75) is 32.6 Å². The van der Waals surface area contributed by atoms with Gasteiger partial charge in [0.05, 0.1) is 12.0 Å². The van der Waals surface area contributed by atoms with Gasteiger partial charge < -0.3 is 0 Å². The van der Waals surface area contributed by atoms with Crippen molar-refractivity contribution in [3.8, 4) is 6.07 Å². The SMILES string of the molecule is CC1(C)CCc2ccccc2C1C#N. The summed E-state index contributed by atoms with van der Waals surface area (Å²) in [7, 11) is 0. The second-order valence-electron chi connectivity index (χ2n) is 4.75. The van der Waals surface area contributed by atoms with Crippen LogP contribution < -0.4 is 0 Å². The molecule has 0 aliphatic heterocycles. The Balaban J connectivity index is 2.52. The zero-order chi connectivity index (χ0) is 10.2. The Morgan fingerprint density at radius 1 is 1.36 bits per heavy atom. The van der Waals surface area contributed by atoms with Crippen molar-refractivity contribution >= 4 is 0 Å². The fraction of sp³-hybridized carbons (Fsp3) is 0.462. The molecule has 0 N–H and O–H groups in total. The molecule has 2 rings (SSSR count). The molecule has 1 aromatic carbocycles. The van der Waals surface area contributed by atoms with Crippen LogP contribution in [-0.2, 0) is 6.42 Å². The predicted molar refractivity (Wildman–Crippen MR) is 56.9 cm³/mol. The van der Waals surface area contributed by atoms with E-state index in [2.05, 4.69) is 38.1 Å². The molecule has 0 saturated carbocycles. The Morgan fingerprint density at radius 2 is 2.07 bits per heavy atom. The van der Waals surface area contributed by atoms with Gasteiger partial charge in [-0.2, -0.15) is 5.26 Å². The Hall–Kier alpha value is -1.29. The highest BCUT2D eigenvalue weighted by atomic mass is 14.4. The minimum atomic E-state index is 0.0625. The first kappa shape index (κ1) is 9.27. The minimum Gasteiger partial charge on any atom is -0.198 e. The zero-order valence-electron chi connectivity index (χ0n) is 8.75. The van der Waals surface area contributed by atoms with E-state index in [1.807, 2.05) is 6.07 Å². The monoisotopic (exact) mass is 185 g/mol. The molecule has 1 unspecified atom stereocenters. The number of hydrogen-bond acceptors (Lipinski definition) is 1. The molecule has 1 aliphatic carbocycles. The summed E-state index contributed by atoms with van der Waals surface area (Å²) in [5.74, 6) is 0.0625. The van der Waals surface area contributed by atoms with E-state index in [9.17, 15) is 5.26 Å². The summed E-state index contributed by atoms with van der Waals surface area (Å²) in [4.78, 5) is 0. The highest BCUT2D eigenvalue weighted by Crippen LogP contribution is 2.44. The van der Waals surface area contributed by atoms with E-state index >= 15 is 0 Å². The highest BCUT2D eigenvalue weighted by Gasteiger charge is 2.35. The van der Waals surface area contributed by atoms with Gasteiger partial charge in [0.2, 0.25) is 0 Å². The van der Waals surface area contributed by atoms with Crippen LogP contribution >= 0.6 is 0 Å². The number of fused-ring (bicyclic) bond motifs is 1. The summed E-state index contributed by atoms with van der Waals surface area (Å²) in [5, 5.41) is 9.22. The quantitative estimate of drug-likeness (QED) is 0.608. The average molecular weight is 185 g/mol. The van der Waals surface area contributed by atoms with Crippen LogP contribution in [0.4, 0.5) is 0 Å². The summed E-state index contributed by atoms with van der Waals surface area (Å²) in [6.07, 6.45) is 2.23. The molecule has 1 heteroatoms. The maximum Gasteiger partial charge on any atom is 0.0766 e. The van der Waals surface area contributed by atoms with Gasteiger partial charge in [-0.05, 0) is 29.4 Å². The molecule has 1 aromatic rings. The first-order chi connectivity index (χ1) is 6.65. The first-order valence-electron chi connectivity index (χ1n) is 5.12. The van der Waals surface area contributed by atoms with Crippen molar-refractivity contribution in [2.24, 2.45) is 5.41 Å². The largest absolute Gasteiger partial charge is 0.198 e. The van der Waals surface area contributed by atoms with E-state index in [-0.39, 0.29) is 11.3 Å². The standard InChI is InChI=1S/C13H15N/c1-13(2)8-7-10-5-3-4-6-11(10)12(13)9-14/h3-6,12H,7-8H2,1-2H3. The van der Waals surface area contributed by atoms with Crippen LogP contribution in [0.5, 0.6) is 0 Å². The van der Waals surface area contributed by atoms with Gasteiger partial charge in [0.25, 0.3) is 0 Å². The summed E-state index contributed by atoms with van der Waals surface area (Å²) < 4.78 is 0. The number of aryl methyl sites for hydroxylation is 1. The van der Waals surface area contributed by atoms with Crippen molar-refractivity contribution in [2.75, 3.05) is 0 Å². The minimum absolute atomic E-state index is 0.0625. The molecule has 0 aromatic heterocycles. The fourth-order valence-electron chi connectivity index (χ4n) is 2.31. The Morgan fingerprint density at radius 3 is 2.79 bits per heavy atom. The second kappa shape index (κ2) is 3.13. The van der Waals surface area contributed by atoms with Crippen molar-refractivity contribution < 1.29 is 0 Å². The third-order valence-corrected chi connectivity index (χ3v) is 3.32. The van der Waals surface area contributed by atoms with Crippen LogP contribution in [0.15, 0.2) is 24.3 Å². The van der Waals surface area contributed by atoms with Gasteiger partial charge in [-0.3, -0.25) is 0 Å². The van der Waals surface area contributed by atoms with Crippen molar-refractivity contribution in [1.29, 1.82) is 5.26 Å². The van der Waals surface area contributed by atoms with E-state index in [1.165, 1.54) is 11.1 Å². The number of hydrogen-bond donors (Lipinski definition) is 0. The summed E-state index contributed by atoms with van der Waals surface area (Å²) in [6.45, 7) is 4.38. The predicted octanol–water partition coefficient (Wildman–Crippen LogP) is 3.27. The van der Waals surface area contributed by atoms with Gasteiger partial charge >= 0.3 is 0 Å². The van der Waals surface area contributed by atoms with Crippen LogP contribution in [0.25, 0.3) is 0 Å². The molecule has 0 radical (unpaired) electrons. The number of nitrogens with zero attached hydrogens (tertiary/aromatic N) is 1. The lowest BCUT2D eigenvalue weighted by Gasteiger charge is -2.35. The molecule has 0 spiro atoms. The van der Waals surface area contributed by atoms with E-state index in [0.29, 0.717) is 0 Å². The van der Waals surface area contributed by atoms with E-state index in [1.54, 1.807) is 0 Å². The molecule has 0 saturated heterocycles. The Labute approximate surface area is 85.4 Å². The van der Waals surface area contributed by atoms with Gasteiger partial charge in [-0.1, -0.05) is 38.1 Å². The van der Waals surface area contributed by atoms with Crippen molar-refractivity contribution in [3.63, 3.8) is 0 Å². The van der Waals surface area contributed by atoms with Crippen molar-refractivity contribution in [1.82, 2.24) is 0 Å². The third-order valence-electron chi connectivity index (χ3n) is 3.32. The zero-order valence-corrected chi connectivity index (χ0v) is 8.75.